The lowest BCUT2D eigenvalue weighted by Crippen LogP contribution is -2.19. The first-order chi connectivity index (χ1) is 16.7. The number of rotatable bonds is 6. The summed E-state index contributed by atoms with van der Waals surface area (Å²) in [5, 5.41) is 2.67. The van der Waals surface area contributed by atoms with E-state index in [0.29, 0.717) is 11.6 Å². The van der Waals surface area contributed by atoms with E-state index in [-0.39, 0.29) is 5.92 Å². The van der Waals surface area contributed by atoms with Crippen LogP contribution in [0.4, 0.5) is 10.5 Å². The number of amides is 2. The van der Waals surface area contributed by atoms with Crippen LogP contribution in [0.2, 0.25) is 0 Å². The minimum atomic E-state index is -0.558. The Bertz CT molecular complexity index is 1250. The Morgan fingerprint density at radius 1 is 0.971 bits per heavy atom. The monoisotopic (exact) mass is 449 g/mol. The Labute approximate surface area is 199 Å². The summed E-state index contributed by atoms with van der Waals surface area (Å²) in [6.07, 6.45) is 6.31. The highest BCUT2D eigenvalue weighted by Gasteiger charge is 2.26. The van der Waals surface area contributed by atoms with E-state index < -0.39 is 6.03 Å². The Kier molecular flexibility index (Phi) is 6.25. The van der Waals surface area contributed by atoms with E-state index in [2.05, 4.69) is 41.7 Å². The van der Waals surface area contributed by atoms with E-state index in [4.69, 9.17) is 15.1 Å². The first-order valence-electron chi connectivity index (χ1n) is 11.6. The molecule has 0 spiro atoms. The summed E-state index contributed by atoms with van der Waals surface area (Å²) in [4.78, 5) is 16.3. The van der Waals surface area contributed by atoms with Crippen molar-refractivity contribution >= 4 is 17.3 Å². The highest BCUT2D eigenvalue weighted by atomic mass is 16.4. The maximum absolute atomic E-state index is 11.3. The van der Waals surface area contributed by atoms with Gasteiger partial charge in [0.15, 0.2) is 5.76 Å². The van der Waals surface area contributed by atoms with Gasteiger partial charge < -0.3 is 15.5 Å². The zero-order valence-corrected chi connectivity index (χ0v) is 18.9. The minimum Gasteiger partial charge on any atom is -0.436 e. The Morgan fingerprint density at radius 2 is 1.71 bits per heavy atom. The maximum atomic E-state index is 11.3. The standard InChI is InChI=1S/C29H27N3O2/c30-29(33)31-24-16-9-10-20(19-24)18-23-15-7-8-17-25(23)28-32-26(21-11-3-1-4-12-21)27(34-28)22-13-5-2-6-14-22/h1-6,9-14,16-17,19,23H,7-8,15,18H2,(H3,30,31,33). The first-order valence-corrected chi connectivity index (χ1v) is 11.6. The molecule has 1 aliphatic rings. The number of carbonyl (C=O) groups is 1. The number of nitrogens with one attached hydrogen (secondary N) is 1. The van der Waals surface area contributed by atoms with Crippen LogP contribution in [0.3, 0.4) is 0 Å². The summed E-state index contributed by atoms with van der Waals surface area (Å²) in [6, 6.07) is 27.6. The number of nitrogens with two attached hydrogens (primary N) is 1. The molecule has 5 heteroatoms. The third-order valence-corrected chi connectivity index (χ3v) is 6.19. The second kappa shape index (κ2) is 9.79. The minimum absolute atomic E-state index is 0.281. The molecule has 0 aliphatic heterocycles. The molecular formula is C29H27N3O2. The maximum Gasteiger partial charge on any atom is 0.316 e. The number of nitrogens with zero attached hydrogens (tertiary/aromatic N) is 1. The van der Waals surface area contributed by atoms with Gasteiger partial charge in [-0.15, -0.1) is 0 Å². The highest BCUT2D eigenvalue weighted by Crippen LogP contribution is 2.40. The van der Waals surface area contributed by atoms with Crippen molar-refractivity contribution < 1.29 is 9.21 Å². The average Bonchev–Trinajstić information content (AvgIpc) is 3.31. The lowest BCUT2D eigenvalue weighted by Gasteiger charge is -2.22. The van der Waals surface area contributed by atoms with Crippen molar-refractivity contribution in [1.29, 1.82) is 0 Å². The number of carbonyl (C=O) groups excluding carboxylic acids is 1. The first kappa shape index (κ1) is 21.7. The lowest BCUT2D eigenvalue weighted by molar-refractivity contribution is 0.259. The van der Waals surface area contributed by atoms with E-state index >= 15 is 0 Å². The Balaban J connectivity index is 1.50. The van der Waals surface area contributed by atoms with Gasteiger partial charge in [0, 0.05) is 22.4 Å². The number of hydrogen-bond donors (Lipinski definition) is 2. The van der Waals surface area contributed by atoms with Gasteiger partial charge in [0.25, 0.3) is 0 Å². The van der Waals surface area contributed by atoms with Crippen molar-refractivity contribution in [2.45, 2.75) is 25.7 Å². The summed E-state index contributed by atoms with van der Waals surface area (Å²) in [7, 11) is 0. The molecule has 1 unspecified atom stereocenters. The van der Waals surface area contributed by atoms with Gasteiger partial charge in [-0.25, -0.2) is 9.78 Å². The molecule has 2 amide bonds. The molecule has 34 heavy (non-hydrogen) atoms. The van der Waals surface area contributed by atoms with Gasteiger partial charge in [0.1, 0.15) is 5.69 Å². The van der Waals surface area contributed by atoms with Gasteiger partial charge in [-0.3, -0.25) is 0 Å². The summed E-state index contributed by atoms with van der Waals surface area (Å²) >= 11 is 0. The van der Waals surface area contributed by atoms with Gasteiger partial charge in [0.05, 0.1) is 0 Å². The second-order valence-electron chi connectivity index (χ2n) is 8.61. The Morgan fingerprint density at radius 3 is 2.44 bits per heavy atom. The van der Waals surface area contributed by atoms with Crippen LogP contribution in [-0.2, 0) is 6.42 Å². The molecule has 170 valence electrons. The molecule has 0 saturated carbocycles. The summed E-state index contributed by atoms with van der Waals surface area (Å²) in [6.45, 7) is 0. The number of allylic oxidation sites excluding steroid dienone is 2. The predicted molar refractivity (Wildman–Crippen MR) is 136 cm³/mol. The van der Waals surface area contributed by atoms with Crippen molar-refractivity contribution in [3.63, 3.8) is 0 Å². The number of oxazole rings is 1. The number of aromatic nitrogens is 1. The number of benzene rings is 3. The summed E-state index contributed by atoms with van der Waals surface area (Å²) in [5.41, 5.74) is 11.2. The molecule has 1 heterocycles. The topological polar surface area (TPSA) is 81.2 Å². The third-order valence-electron chi connectivity index (χ3n) is 6.19. The molecule has 1 aliphatic carbocycles. The third kappa shape index (κ3) is 4.79. The van der Waals surface area contributed by atoms with Crippen LogP contribution in [0.15, 0.2) is 95.4 Å². The fourth-order valence-electron chi connectivity index (χ4n) is 4.64. The number of anilines is 1. The quantitative estimate of drug-likeness (QED) is 0.335. The SMILES string of the molecule is NC(=O)Nc1cccc(CC2CCCC=C2c2nc(-c3ccccc3)c(-c3ccccc3)o2)c1. The van der Waals surface area contributed by atoms with Crippen molar-refractivity contribution in [3.8, 4) is 22.6 Å². The van der Waals surface area contributed by atoms with Gasteiger partial charge in [-0.2, -0.15) is 0 Å². The lowest BCUT2D eigenvalue weighted by atomic mass is 9.83. The molecule has 0 fully saturated rings. The van der Waals surface area contributed by atoms with Gasteiger partial charge in [-0.1, -0.05) is 78.9 Å². The van der Waals surface area contributed by atoms with Crippen LogP contribution in [0.1, 0.15) is 30.7 Å². The Hall–Kier alpha value is -4.12. The highest BCUT2D eigenvalue weighted by molar-refractivity contribution is 5.87. The number of urea groups is 1. The molecule has 5 rings (SSSR count). The van der Waals surface area contributed by atoms with Crippen LogP contribution in [0.5, 0.6) is 0 Å². The molecule has 3 N–H and O–H groups in total. The van der Waals surface area contributed by atoms with Crippen LogP contribution in [0, 0.1) is 5.92 Å². The summed E-state index contributed by atoms with van der Waals surface area (Å²) in [5.74, 6) is 1.76. The second-order valence-corrected chi connectivity index (χ2v) is 8.61. The molecule has 0 saturated heterocycles. The van der Waals surface area contributed by atoms with Crippen LogP contribution >= 0.6 is 0 Å². The zero-order chi connectivity index (χ0) is 23.3. The predicted octanol–water partition coefficient (Wildman–Crippen LogP) is 6.93. The molecule has 0 bridgehead atoms. The van der Waals surface area contributed by atoms with Crippen molar-refractivity contribution in [1.82, 2.24) is 4.98 Å². The van der Waals surface area contributed by atoms with Crippen LogP contribution < -0.4 is 11.1 Å². The van der Waals surface area contributed by atoms with E-state index in [1.54, 1.807) is 0 Å². The van der Waals surface area contributed by atoms with Crippen LogP contribution in [0.25, 0.3) is 28.2 Å². The molecule has 4 aromatic rings. The van der Waals surface area contributed by atoms with E-state index in [0.717, 1.165) is 59.4 Å². The van der Waals surface area contributed by atoms with Crippen molar-refractivity contribution in [2.75, 3.05) is 5.32 Å². The van der Waals surface area contributed by atoms with Crippen molar-refractivity contribution in [3.05, 3.63) is 102 Å². The molecule has 1 aromatic heterocycles. The molecule has 5 nitrogen and oxygen atoms in total. The smallest absolute Gasteiger partial charge is 0.316 e. The molecule has 0 radical (unpaired) electrons. The fourth-order valence-corrected chi connectivity index (χ4v) is 4.64. The molecule has 3 aromatic carbocycles. The molecule has 1 atom stereocenters. The van der Waals surface area contributed by atoms with Gasteiger partial charge in [-0.05, 0) is 49.3 Å². The van der Waals surface area contributed by atoms with E-state index in [9.17, 15) is 4.79 Å². The van der Waals surface area contributed by atoms with Crippen molar-refractivity contribution in [2.24, 2.45) is 11.7 Å². The van der Waals surface area contributed by atoms with Gasteiger partial charge in [0.2, 0.25) is 5.89 Å². The fraction of sp³-hybridized carbons (Fsp3) is 0.172. The number of primary amides is 1. The average molecular weight is 450 g/mol. The summed E-state index contributed by atoms with van der Waals surface area (Å²) < 4.78 is 6.49. The largest absolute Gasteiger partial charge is 0.436 e. The molecular weight excluding hydrogens is 422 g/mol. The zero-order valence-electron chi connectivity index (χ0n) is 18.9. The van der Waals surface area contributed by atoms with Crippen LogP contribution in [-0.4, -0.2) is 11.0 Å². The van der Waals surface area contributed by atoms with E-state index in [1.165, 1.54) is 0 Å². The van der Waals surface area contributed by atoms with E-state index in [1.807, 2.05) is 54.6 Å². The van der Waals surface area contributed by atoms with Gasteiger partial charge >= 0.3 is 6.03 Å². The number of hydrogen-bond acceptors (Lipinski definition) is 3. The normalized spacial score (nSPS) is 15.5.